The maximum Gasteiger partial charge on any atom is 0.225 e. The lowest BCUT2D eigenvalue weighted by molar-refractivity contribution is -0.194. The number of thiophene rings is 1. The summed E-state index contributed by atoms with van der Waals surface area (Å²) < 4.78 is 0. The SMILES string of the molecule is Cc1cc2c(NCc3ccc4c(c3)OOC4)nc(Cl)nc2s1. The molecule has 0 spiro atoms. The standard InChI is InChI=1S/C15H12ClN3O2S/c1-8-4-11-13(18-15(16)19-14(11)22-8)17-6-9-2-3-10-7-20-21-12(10)5-9/h2-5H,6-7H2,1H3,(H,17,18,19). The Hall–Kier alpha value is -1.89. The van der Waals surface area contributed by atoms with Gasteiger partial charge in [-0.2, -0.15) is 4.89 Å². The van der Waals surface area contributed by atoms with Crippen molar-refractivity contribution in [3.05, 3.63) is 45.6 Å². The highest BCUT2D eigenvalue weighted by molar-refractivity contribution is 7.18. The van der Waals surface area contributed by atoms with Crippen molar-refractivity contribution < 1.29 is 9.78 Å². The third-order valence-electron chi connectivity index (χ3n) is 3.44. The van der Waals surface area contributed by atoms with Gasteiger partial charge in [0.2, 0.25) is 5.28 Å². The third-order valence-corrected chi connectivity index (χ3v) is 4.56. The van der Waals surface area contributed by atoms with E-state index in [0.717, 1.165) is 32.9 Å². The molecule has 0 aliphatic carbocycles. The number of halogens is 1. The predicted octanol–water partition coefficient (Wildman–Crippen LogP) is 4.09. The van der Waals surface area contributed by atoms with Crippen LogP contribution in [0.5, 0.6) is 5.75 Å². The zero-order valence-corrected chi connectivity index (χ0v) is 13.3. The van der Waals surface area contributed by atoms with Crippen molar-refractivity contribution >= 4 is 39.0 Å². The van der Waals surface area contributed by atoms with E-state index in [0.29, 0.717) is 13.2 Å². The van der Waals surface area contributed by atoms with Crippen molar-refractivity contribution in [1.82, 2.24) is 9.97 Å². The summed E-state index contributed by atoms with van der Waals surface area (Å²) >= 11 is 7.61. The molecule has 0 bridgehead atoms. The molecule has 1 N–H and O–H groups in total. The summed E-state index contributed by atoms with van der Waals surface area (Å²) in [6.07, 6.45) is 0. The van der Waals surface area contributed by atoms with E-state index in [1.54, 1.807) is 11.3 Å². The lowest BCUT2D eigenvalue weighted by atomic mass is 10.1. The average molecular weight is 334 g/mol. The van der Waals surface area contributed by atoms with Crippen LogP contribution >= 0.6 is 22.9 Å². The van der Waals surface area contributed by atoms with Crippen LogP contribution in [0, 0.1) is 6.92 Å². The van der Waals surface area contributed by atoms with E-state index >= 15 is 0 Å². The molecule has 7 heteroatoms. The fourth-order valence-electron chi connectivity index (χ4n) is 2.40. The van der Waals surface area contributed by atoms with Gasteiger partial charge in [-0.15, -0.1) is 11.3 Å². The Kier molecular flexibility index (Phi) is 3.37. The van der Waals surface area contributed by atoms with E-state index in [1.807, 2.05) is 25.1 Å². The Morgan fingerprint density at radius 2 is 2.23 bits per heavy atom. The Morgan fingerprint density at radius 1 is 1.32 bits per heavy atom. The van der Waals surface area contributed by atoms with Crippen LogP contribution < -0.4 is 10.2 Å². The molecule has 4 rings (SSSR count). The second-order valence-corrected chi connectivity index (χ2v) is 6.63. The highest BCUT2D eigenvalue weighted by Gasteiger charge is 2.14. The van der Waals surface area contributed by atoms with Gasteiger partial charge >= 0.3 is 0 Å². The second kappa shape index (κ2) is 5.39. The summed E-state index contributed by atoms with van der Waals surface area (Å²) in [6.45, 7) is 3.16. The van der Waals surface area contributed by atoms with Gasteiger partial charge in [0.1, 0.15) is 17.3 Å². The first-order valence-electron chi connectivity index (χ1n) is 6.78. The van der Waals surface area contributed by atoms with Gasteiger partial charge in [-0.3, -0.25) is 0 Å². The summed E-state index contributed by atoms with van der Waals surface area (Å²) in [6, 6.07) is 8.09. The number of aryl methyl sites for hydroxylation is 1. The quantitative estimate of drug-likeness (QED) is 0.578. The lowest BCUT2D eigenvalue weighted by Gasteiger charge is -2.08. The number of rotatable bonds is 3. The molecule has 3 heterocycles. The normalized spacial score (nSPS) is 13.2. The van der Waals surface area contributed by atoms with E-state index in [1.165, 1.54) is 4.88 Å². The van der Waals surface area contributed by atoms with E-state index in [2.05, 4.69) is 21.4 Å². The Balaban J connectivity index is 1.61. The molecule has 0 unspecified atom stereocenters. The molecular weight excluding hydrogens is 322 g/mol. The van der Waals surface area contributed by atoms with Crippen molar-refractivity contribution in [3.8, 4) is 5.75 Å². The van der Waals surface area contributed by atoms with Gasteiger partial charge in [0.25, 0.3) is 0 Å². The summed E-state index contributed by atoms with van der Waals surface area (Å²) in [7, 11) is 0. The van der Waals surface area contributed by atoms with Crippen LogP contribution in [0.15, 0.2) is 24.3 Å². The van der Waals surface area contributed by atoms with Crippen molar-refractivity contribution in [2.24, 2.45) is 0 Å². The van der Waals surface area contributed by atoms with Crippen LogP contribution in [0.1, 0.15) is 16.0 Å². The molecular formula is C15H12ClN3O2S. The summed E-state index contributed by atoms with van der Waals surface area (Å²) in [5.74, 6) is 1.52. The molecule has 1 aliphatic rings. The molecule has 5 nitrogen and oxygen atoms in total. The molecule has 0 atom stereocenters. The van der Waals surface area contributed by atoms with Crippen LogP contribution in [0.4, 0.5) is 5.82 Å². The summed E-state index contributed by atoms with van der Waals surface area (Å²) in [5.41, 5.74) is 2.14. The van der Waals surface area contributed by atoms with Gasteiger partial charge in [-0.05, 0) is 36.2 Å². The Morgan fingerprint density at radius 3 is 3.14 bits per heavy atom. The van der Waals surface area contributed by atoms with E-state index < -0.39 is 0 Å². The van der Waals surface area contributed by atoms with Gasteiger partial charge in [0, 0.05) is 17.0 Å². The van der Waals surface area contributed by atoms with Crippen molar-refractivity contribution in [2.75, 3.05) is 5.32 Å². The fourth-order valence-corrected chi connectivity index (χ4v) is 3.50. The molecule has 2 aromatic heterocycles. The molecule has 0 saturated heterocycles. The number of anilines is 1. The first-order valence-corrected chi connectivity index (χ1v) is 7.97. The number of fused-ring (bicyclic) bond motifs is 2. The first kappa shape index (κ1) is 13.8. The molecule has 0 fully saturated rings. The highest BCUT2D eigenvalue weighted by atomic mass is 35.5. The molecule has 0 saturated carbocycles. The van der Waals surface area contributed by atoms with Crippen LogP contribution in [-0.4, -0.2) is 9.97 Å². The van der Waals surface area contributed by atoms with Crippen LogP contribution in [0.3, 0.4) is 0 Å². The molecule has 3 aromatic rings. The second-order valence-electron chi connectivity index (χ2n) is 5.06. The number of aromatic nitrogens is 2. The first-order chi connectivity index (χ1) is 10.7. The summed E-state index contributed by atoms with van der Waals surface area (Å²) in [4.78, 5) is 20.7. The van der Waals surface area contributed by atoms with Gasteiger partial charge in [0.05, 0.1) is 5.39 Å². The molecule has 1 aliphatic heterocycles. The van der Waals surface area contributed by atoms with Crippen LogP contribution in [0.25, 0.3) is 10.2 Å². The monoisotopic (exact) mass is 333 g/mol. The molecule has 0 radical (unpaired) electrons. The largest absolute Gasteiger partial charge is 0.365 e. The summed E-state index contributed by atoms with van der Waals surface area (Å²) in [5, 5.41) is 4.57. The molecule has 1 aromatic carbocycles. The minimum atomic E-state index is 0.252. The maximum absolute atomic E-state index is 6.00. The number of benzene rings is 1. The molecule has 0 amide bonds. The Labute approximate surface area is 135 Å². The van der Waals surface area contributed by atoms with Crippen LogP contribution in [0.2, 0.25) is 5.28 Å². The van der Waals surface area contributed by atoms with Gasteiger partial charge < -0.3 is 10.2 Å². The van der Waals surface area contributed by atoms with Crippen LogP contribution in [-0.2, 0) is 18.0 Å². The van der Waals surface area contributed by atoms with E-state index in [-0.39, 0.29) is 5.28 Å². The zero-order chi connectivity index (χ0) is 15.1. The van der Waals surface area contributed by atoms with E-state index in [4.69, 9.17) is 21.4 Å². The number of hydrogen-bond donors (Lipinski definition) is 1. The maximum atomic E-state index is 6.00. The number of hydrogen-bond acceptors (Lipinski definition) is 6. The average Bonchev–Trinajstić information content (AvgIpc) is 3.09. The Bertz CT molecular complexity index is 865. The van der Waals surface area contributed by atoms with Crippen molar-refractivity contribution in [1.29, 1.82) is 0 Å². The minimum Gasteiger partial charge on any atom is -0.365 e. The van der Waals surface area contributed by atoms with Crippen molar-refractivity contribution in [3.63, 3.8) is 0 Å². The number of nitrogens with one attached hydrogen (secondary N) is 1. The fraction of sp³-hybridized carbons (Fsp3) is 0.200. The lowest BCUT2D eigenvalue weighted by Crippen LogP contribution is -2.02. The highest BCUT2D eigenvalue weighted by Crippen LogP contribution is 2.31. The topological polar surface area (TPSA) is 56.3 Å². The van der Waals surface area contributed by atoms with E-state index in [9.17, 15) is 0 Å². The van der Waals surface area contributed by atoms with Crippen molar-refractivity contribution in [2.45, 2.75) is 20.1 Å². The molecule has 112 valence electrons. The predicted molar refractivity (Wildman–Crippen MR) is 86.3 cm³/mol. The molecule has 22 heavy (non-hydrogen) atoms. The van der Waals surface area contributed by atoms with Gasteiger partial charge in [-0.25, -0.2) is 9.97 Å². The van der Waals surface area contributed by atoms with Gasteiger partial charge in [-0.1, -0.05) is 12.1 Å². The smallest absolute Gasteiger partial charge is 0.225 e. The number of nitrogens with zero attached hydrogens (tertiary/aromatic N) is 2. The third kappa shape index (κ3) is 2.49. The minimum absolute atomic E-state index is 0.252. The zero-order valence-electron chi connectivity index (χ0n) is 11.7. The van der Waals surface area contributed by atoms with Gasteiger partial charge in [0.15, 0.2) is 5.75 Å².